The molecule has 5 nitrogen and oxygen atoms in total. The molecule has 2 N–H and O–H groups in total. The first-order chi connectivity index (χ1) is 9.41. The molecular weight excluding hydrogens is 347 g/mol. The maximum Gasteiger partial charge on any atom is 0.338 e. The van der Waals surface area contributed by atoms with Crippen molar-refractivity contribution in [2.24, 2.45) is 0 Å². The Hall–Kier alpha value is -1.34. The Kier molecular flexibility index (Phi) is 4.49. The van der Waals surface area contributed by atoms with E-state index in [9.17, 15) is 9.59 Å². The van der Waals surface area contributed by atoms with Crippen molar-refractivity contribution >= 4 is 63.0 Å². The zero-order valence-electron chi connectivity index (χ0n) is 9.49. The zero-order valence-corrected chi connectivity index (χ0v) is 12.6. The average Bonchev–Trinajstić information content (AvgIpc) is 2.84. The Morgan fingerprint density at radius 2 is 1.95 bits per heavy atom. The minimum Gasteiger partial charge on any atom is -0.478 e. The number of carboxylic acids is 1. The van der Waals surface area contributed by atoms with Crippen molar-refractivity contribution in [3.8, 4) is 0 Å². The van der Waals surface area contributed by atoms with Crippen molar-refractivity contribution < 1.29 is 14.7 Å². The van der Waals surface area contributed by atoms with E-state index in [0.717, 1.165) is 11.3 Å². The number of hydrogen-bond acceptors (Lipinski definition) is 4. The number of carbonyl (C=O) groups excluding carboxylic acids is 1. The molecule has 9 heteroatoms. The van der Waals surface area contributed by atoms with E-state index in [4.69, 9.17) is 39.9 Å². The largest absolute Gasteiger partial charge is 0.478 e. The van der Waals surface area contributed by atoms with Crippen molar-refractivity contribution in [1.82, 2.24) is 4.98 Å². The molecule has 0 aliphatic rings. The third kappa shape index (κ3) is 2.88. The Morgan fingerprint density at radius 1 is 1.25 bits per heavy atom. The maximum atomic E-state index is 12.0. The van der Waals surface area contributed by atoms with Crippen molar-refractivity contribution in [3.05, 3.63) is 44.0 Å². The highest BCUT2D eigenvalue weighted by atomic mass is 35.5. The normalized spacial score (nSPS) is 10.3. The third-order valence-corrected chi connectivity index (χ3v) is 4.33. The summed E-state index contributed by atoms with van der Waals surface area (Å²) in [6.45, 7) is 0. The molecule has 0 atom stereocenters. The molecule has 0 fully saturated rings. The predicted molar refractivity (Wildman–Crippen MR) is 78.5 cm³/mol. The highest BCUT2D eigenvalue weighted by molar-refractivity contribution is 7.14. The molecule has 2 aromatic heterocycles. The zero-order chi connectivity index (χ0) is 14.9. The third-order valence-electron chi connectivity index (χ3n) is 2.26. The molecule has 0 aliphatic heterocycles. The lowest BCUT2D eigenvalue weighted by atomic mass is 10.3. The van der Waals surface area contributed by atoms with Crippen LogP contribution in [0.25, 0.3) is 0 Å². The van der Waals surface area contributed by atoms with E-state index in [0.29, 0.717) is 0 Å². The fraction of sp³-hybridized carbons (Fsp3) is 0. The molecule has 2 aromatic rings. The standard InChI is InChI=1S/C11H5Cl3N2O3S/c12-5-3-15-8(7(14)6(5)13)9(17)16-10-4(11(18)19)1-2-20-10/h1-3H,(H,16,17)(H,18,19). The number of nitrogens with zero attached hydrogens (tertiary/aromatic N) is 1. The quantitative estimate of drug-likeness (QED) is 0.874. The second-order valence-corrected chi connectivity index (χ2v) is 5.58. The van der Waals surface area contributed by atoms with Gasteiger partial charge in [-0.05, 0) is 11.4 Å². The SMILES string of the molecule is O=C(O)c1ccsc1NC(=O)c1ncc(Cl)c(Cl)c1Cl. The average molecular weight is 352 g/mol. The van der Waals surface area contributed by atoms with Crippen LogP contribution in [0.1, 0.15) is 20.8 Å². The highest BCUT2D eigenvalue weighted by Gasteiger charge is 2.20. The van der Waals surface area contributed by atoms with Gasteiger partial charge in [-0.25, -0.2) is 9.78 Å². The summed E-state index contributed by atoms with van der Waals surface area (Å²) < 4.78 is 0. The van der Waals surface area contributed by atoms with Gasteiger partial charge in [0.25, 0.3) is 5.91 Å². The van der Waals surface area contributed by atoms with Crippen LogP contribution in [-0.4, -0.2) is 22.0 Å². The number of hydrogen-bond donors (Lipinski definition) is 2. The van der Waals surface area contributed by atoms with Crippen LogP contribution in [0.4, 0.5) is 5.00 Å². The van der Waals surface area contributed by atoms with Gasteiger partial charge in [0, 0.05) is 6.20 Å². The number of rotatable bonds is 3. The second-order valence-electron chi connectivity index (χ2n) is 3.51. The second kappa shape index (κ2) is 5.97. The van der Waals surface area contributed by atoms with Crippen molar-refractivity contribution in [2.45, 2.75) is 0 Å². The molecule has 104 valence electrons. The first-order valence-electron chi connectivity index (χ1n) is 5.03. The summed E-state index contributed by atoms with van der Waals surface area (Å²) in [5.41, 5.74) is -0.148. The number of carboxylic acid groups (broad SMARTS) is 1. The van der Waals surface area contributed by atoms with Gasteiger partial charge in [-0.1, -0.05) is 34.8 Å². The number of aromatic carboxylic acids is 1. The lowest BCUT2D eigenvalue weighted by molar-refractivity contribution is 0.0698. The number of carbonyl (C=O) groups is 2. The Bertz CT molecular complexity index is 702. The number of nitrogens with one attached hydrogen (secondary N) is 1. The van der Waals surface area contributed by atoms with Crippen LogP contribution in [0.5, 0.6) is 0 Å². The van der Waals surface area contributed by atoms with Gasteiger partial charge in [-0.15, -0.1) is 11.3 Å². The lowest BCUT2D eigenvalue weighted by Gasteiger charge is -2.07. The first kappa shape index (κ1) is 15.1. The van der Waals surface area contributed by atoms with Crippen LogP contribution in [0.3, 0.4) is 0 Å². The van der Waals surface area contributed by atoms with E-state index in [2.05, 4.69) is 10.3 Å². The van der Waals surface area contributed by atoms with Gasteiger partial charge in [0.1, 0.15) is 10.7 Å². The number of aromatic nitrogens is 1. The van der Waals surface area contributed by atoms with Gasteiger partial charge in [-0.3, -0.25) is 4.79 Å². The first-order valence-corrected chi connectivity index (χ1v) is 7.04. The van der Waals surface area contributed by atoms with Crippen LogP contribution >= 0.6 is 46.1 Å². The molecule has 0 aromatic carbocycles. The number of amides is 1. The summed E-state index contributed by atoms with van der Waals surface area (Å²) in [6.07, 6.45) is 1.19. The predicted octanol–water partition coefficient (Wildman–Crippen LogP) is 4.05. The van der Waals surface area contributed by atoms with Crippen molar-refractivity contribution in [1.29, 1.82) is 0 Å². The molecule has 0 saturated heterocycles. The molecule has 0 aliphatic carbocycles. The summed E-state index contributed by atoms with van der Waals surface area (Å²) in [4.78, 5) is 26.8. The van der Waals surface area contributed by atoms with Gasteiger partial charge >= 0.3 is 5.97 Å². The molecule has 0 bridgehead atoms. The minimum atomic E-state index is -1.14. The van der Waals surface area contributed by atoms with Gasteiger partial charge in [0.05, 0.1) is 20.6 Å². The van der Waals surface area contributed by atoms with Crippen LogP contribution < -0.4 is 5.32 Å². The summed E-state index contributed by atoms with van der Waals surface area (Å²) in [5, 5.41) is 13.1. The number of halogens is 3. The van der Waals surface area contributed by atoms with E-state index in [1.165, 1.54) is 12.3 Å². The van der Waals surface area contributed by atoms with Crippen molar-refractivity contribution in [3.63, 3.8) is 0 Å². The molecule has 1 amide bonds. The van der Waals surface area contributed by atoms with Crippen LogP contribution in [0.2, 0.25) is 15.1 Å². The minimum absolute atomic E-state index is 0.0121. The van der Waals surface area contributed by atoms with Crippen molar-refractivity contribution in [2.75, 3.05) is 5.32 Å². The van der Waals surface area contributed by atoms with E-state index < -0.39 is 11.9 Å². The smallest absolute Gasteiger partial charge is 0.338 e. The van der Waals surface area contributed by atoms with Gasteiger partial charge in [0.2, 0.25) is 0 Å². The van der Waals surface area contributed by atoms with Crippen LogP contribution in [0, 0.1) is 0 Å². The molecule has 0 unspecified atom stereocenters. The van der Waals surface area contributed by atoms with Crippen LogP contribution in [-0.2, 0) is 0 Å². The Morgan fingerprint density at radius 3 is 2.60 bits per heavy atom. The number of anilines is 1. The van der Waals surface area contributed by atoms with E-state index in [1.807, 2.05) is 0 Å². The summed E-state index contributed by atoms with van der Waals surface area (Å²) in [7, 11) is 0. The molecule has 0 spiro atoms. The molecule has 20 heavy (non-hydrogen) atoms. The van der Waals surface area contributed by atoms with Gasteiger partial charge in [0.15, 0.2) is 0 Å². The summed E-state index contributed by atoms with van der Waals surface area (Å²) in [6, 6.07) is 1.38. The van der Waals surface area contributed by atoms with Gasteiger partial charge in [-0.2, -0.15) is 0 Å². The molecule has 2 heterocycles. The topological polar surface area (TPSA) is 79.3 Å². The molecule has 2 rings (SSSR count). The monoisotopic (exact) mass is 350 g/mol. The van der Waals surface area contributed by atoms with Crippen LogP contribution in [0.15, 0.2) is 17.6 Å². The Labute approximate surface area is 132 Å². The van der Waals surface area contributed by atoms with E-state index in [1.54, 1.807) is 5.38 Å². The molecular formula is C11H5Cl3N2O3S. The molecule has 0 radical (unpaired) electrons. The fourth-order valence-corrected chi connectivity index (χ4v) is 2.68. The Balaban J connectivity index is 2.31. The number of thiophene rings is 1. The fourth-order valence-electron chi connectivity index (χ4n) is 1.34. The lowest BCUT2D eigenvalue weighted by Crippen LogP contribution is -2.15. The highest BCUT2D eigenvalue weighted by Crippen LogP contribution is 2.32. The maximum absolute atomic E-state index is 12.0. The summed E-state index contributed by atoms with van der Waals surface area (Å²) in [5.74, 6) is -1.81. The summed E-state index contributed by atoms with van der Waals surface area (Å²) >= 11 is 18.5. The number of pyridine rings is 1. The van der Waals surface area contributed by atoms with E-state index >= 15 is 0 Å². The van der Waals surface area contributed by atoms with E-state index in [-0.39, 0.29) is 31.3 Å². The van der Waals surface area contributed by atoms with Gasteiger partial charge < -0.3 is 10.4 Å². The molecule has 0 saturated carbocycles.